The second-order valence-electron chi connectivity index (χ2n) is 8.41. The number of anilines is 2. The predicted molar refractivity (Wildman–Crippen MR) is 133 cm³/mol. The highest BCUT2D eigenvalue weighted by molar-refractivity contribution is 6.02. The molecule has 0 radical (unpaired) electrons. The van der Waals surface area contributed by atoms with Crippen LogP contribution in [0.2, 0.25) is 0 Å². The summed E-state index contributed by atoms with van der Waals surface area (Å²) in [6.45, 7) is 0.162. The van der Waals surface area contributed by atoms with E-state index >= 15 is 0 Å². The van der Waals surface area contributed by atoms with Gasteiger partial charge in [0.1, 0.15) is 5.82 Å². The number of nitrogens with zero attached hydrogens (tertiary/aromatic N) is 1. The smallest absolute Gasteiger partial charge is 0.411 e. The van der Waals surface area contributed by atoms with Gasteiger partial charge in [-0.3, -0.25) is 14.5 Å². The number of halogens is 1. The highest BCUT2D eigenvalue weighted by atomic mass is 19.1. The molecule has 2 unspecified atom stereocenters. The van der Waals surface area contributed by atoms with Crippen LogP contribution in [-0.2, 0) is 16.1 Å². The molecule has 0 spiro atoms. The van der Waals surface area contributed by atoms with Crippen molar-refractivity contribution in [1.29, 1.82) is 0 Å². The summed E-state index contributed by atoms with van der Waals surface area (Å²) in [5.41, 5.74) is 2.29. The molecule has 37 heavy (non-hydrogen) atoms. The van der Waals surface area contributed by atoms with Gasteiger partial charge in [0.25, 0.3) is 11.8 Å². The minimum atomic E-state index is -0.999. The third kappa shape index (κ3) is 5.35. The van der Waals surface area contributed by atoms with Crippen LogP contribution in [-0.4, -0.2) is 28.8 Å². The first-order valence-corrected chi connectivity index (χ1v) is 11.5. The summed E-state index contributed by atoms with van der Waals surface area (Å²) in [6.07, 6.45) is -0.139. The van der Waals surface area contributed by atoms with Crippen LogP contribution in [0.25, 0.3) is 0 Å². The lowest BCUT2D eigenvalue weighted by atomic mass is 10.00. The largest absolute Gasteiger partial charge is 0.459 e. The Bertz CT molecular complexity index is 1390. The van der Waals surface area contributed by atoms with Gasteiger partial charge < -0.3 is 19.8 Å². The summed E-state index contributed by atoms with van der Waals surface area (Å²) >= 11 is 0. The maximum absolute atomic E-state index is 13.4. The Labute approximate surface area is 211 Å². The van der Waals surface area contributed by atoms with E-state index in [9.17, 15) is 18.8 Å². The standard InChI is InChI=1S/C28H22FN3O5/c29-20-10-14-22(15-11-20)31-27(34)24-25(37-28(35)32(24)17-18-5-2-1-3-6-18)19-8-12-21(13-9-19)30-26(33)23-7-4-16-36-23/h1-16,24-25H,17H2,(H,30,33)(H,31,34). The molecular weight excluding hydrogens is 477 g/mol. The maximum atomic E-state index is 13.4. The van der Waals surface area contributed by atoms with Gasteiger partial charge >= 0.3 is 6.09 Å². The average Bonchev–Trinajstić information content (AvgIpc) is 3.56. The number of carbonyl (C=O) groups excluding carboxylic acids is 3. The number of carbonyl (C=O) groups is 3. The molecule has 1 aromatic heterocycles. The molecule has 1 aliphatic heterocycles. The summed E-state index contributed by atoms with van der Waals surface area (Å²) < 4.78 is 24.1. The van der Waals surface area contributed by atoms with Crippen molar-refractivity contribution in [3.8, 4) is 0 Å². The molecule has 1 aliphatic rings. The molecule has 4 aromatic rings. The first kappa shape index (κ1) is 23.8. The minimum Gasteiger partial charge on any atom is -0.459 e. The van der Waals surface area contributed by atoms with E-state index in [1.807, 2.05) is 30.3 Å². The second-order valence-corrected chi connectivity index (χ2v) is 8.41. The van der Waals surface area contributed by atoms with Crippen molar-refractivity contribution in [2.45, 2.75) is 18.7 Å². The fourth-order valence-corrected chi connectivity index (χ4v) is 4.10. The van der Waals surface area contributed by atoms with Crippen molar-refractivity contribution in [3.05, 3.63) is 120 Å². The molecule has 2 atom stereocenters. The van der Waals surface area contributed by atoms with E-state index in [4.69, 9.17) is 9.15 Å². The van der Waals surface area contributed by atoms with Crippen LogP contribution in [0.3, 0.4) is 0 Å². The van der Waals surface area contributed by atoms with Crippen molar-refractivity contribution >= 4 is 29.3 Å². The van der Waals surface area contributed by atoms with E-state index in [1.54, 1.807) is 36.4 Å². The van der Waals surface area contributed by atoms with Crippen LogP contribution < -0.4 is 10.6 Å². The van der Waals surface area contributed by atoms with Gasteiger partial charge in [-0.05, 0) is 59.7 Å². The number of rotatable bonds is 7. The van der Waals surface area contributed by atoms with Crippen molar-refractivity contribution in [2.24, 2.45) is 0 Å². The Hall–Kier alpha value is -4.92. The van der Waals surface area contributed by atoms with Gasteiger partial charge in [0.2, 0.25) is 0 Å². The third-order valence-electron chi connectivity index (χ3n) is 5.90. The summed E-state index contributed by atoms with van der Waals surface area (Å²) in [7, 11) is 0. The lowest BCUT2D eigenvalue weighted by Crippen LogP contribution is -2.43. The van der Waals surface area contributed by atoms with Gasteiger partial charge in [-0.25, -0.2) is 9.18 Å². The van der Waals surface area contributed by atoms with Crippen molar-refractivity contribution < 1.29 is 27.9 Å². The van der Waals surface area contributed by atoms with Crippen LogP contribution >= 0.6 is 0 Å². The molecule has 1 fully saturated rings. The number of benzene rings is 3. The second kappa shape index (κ2) is 10.4. The lowest BCUT2D eigenvalue weighted by molar-refractivity contribution is -0.121. The Morgan fingerprint density at radius 2 is 1.51 bits per heavy atom. The number of amides is 3. The van der Waals surface area contributed by atoms with Crippen LogP contribution in [0.15, 0.2) is 102 Å². The molecule has 9 heteroatoms. The molecule has 0 aliphatic carbocycles. The Morgan fingerprint density at radius 3 is 2.19 bits per heavy atom. The van der Waals surface area contributed by atoms with E-state index in [0.29, 0.717) is 16.9 Å². The van der Waals surface area contributed by atoms with Gasteiger partial charge in [0, 0.05) is 11.4 Å². The van der Waals surface area contributed by atoms with Crippen molar-refractivity contribution in [1.82, 2.24) is 4.90 Å². The normalized spacial score (nSPS) is 16.8. The lowest BCUT2D eigenvalue weighted by Gasteiger charge is -2.24. The van der Waals surface area contributed by atoms with Crippen LogP contribution in [0.1, 0.15) is 27.8 Å². The van der Waals surface area contributed by atoms with Gasteiger partial charge in [0.15, 0.2) is 17.9 Å². The third-order valence-corrected chi connectivity index (χ3v) is 5.90. The van der Waals surface area contributed by atoms with Crippen LogP contribution in [0.5, 0.6) is 0 Å². The van der Waals surface area contributed by atoms with E-state index in [0.717, 1.165) is 5.56 Å². The topological polar surface area (TPSA) is 101 Å². The monoisotopic (exact) mass is 499 g/mol. The highest BCUT2D eigenvalue weighted by Gasteiger charge is 2.47. The molecule has 8 nitrogen and oxygen atoms in total. The summed E-state index contributed by atoms with van der Waals surface area (Å²) in [4.78, 5) is 40.0. The van der Waals surface area contributed by atoms with Crippen LogP contribution in [0, 0.1) is 5.82 Å². The van der Waals surface area contributed by atoms with E-state index in [-0.39, 0.29) is 12.3 Å². The fourth-order valence-electron chi connectivity index (χ4n) is 4.10. The van der Waals surface area contributed by atoms with Gasteiger partial charge in [0.05, 0.1) is 12.8 Å². The van der Waals surface area contributed by atoms with Gasteiger partial charge in [-0.1, -0.05) is 42.5 Å². The SMILES string of the molecule is O=C(Nc1ccc(C2OC(=O)N(Cc3ccccc3)C2C(=O)Nc2ccc(F)cc2)cc1)c1ccco1. The number of ether oxygens (including phenoxy) is 1. The molecule has 186 valence electrons. The van der Waals surface area contributed by atoms with Crippen molar-refractivity contribution in [3.63, 3.8) is 0 Å². The highest BCUT2D eigenvalue weighted by Crippen LogP contribution is 2.35. The fraction of sp³-hybridized carbons (Fsp3) is 0.107. The molecule has 1 saturated heterocycles. The molecule has 0 bridgehead atoms. The van der Waals surface area contributed by atoms with E-state index < -0.39 is 35.9 Å². The maximum Gasteiger partial charge on any atom is 0.411 e. The van der Waals surface area contributed by atoms with E-state index in [2.05, 4.69) is 10.6 Å². The minimum absolute atomic E-state index is 0.162. The zero-order valence-corrected chi connectivity index (χ0v) is 19.5. The molecule has 3 aromatic carbocycles. The molecule has 5 rings (SSSR count). The zero-order valence-electron chi connectivity index (χ0n) is 19.5. The molecule has 2 N–H and O–H groups in total. The molecule has 2 heterocycles. The zero-order chi connectivity index (χ0) is 25.8. The molecule has 3 amide bonds. The quantitative estimate of drug-likeness (QED) is 0.356. The van der Waals surface area contributed by atoms with Crippen LogP contribution in [0.4, 0.5) is 20.6 Å². The molecular formula is C28H22FN3O5. The number of hydrogen-bond donors (Lipinski definition) is 2. The van der Waals surface area contributed by atoms with Crippen molar-refractivity contribution in [2.75, 3.05) is 10.6 Å². The predicted octanol–water partition coefficient (Wildman–Crippen LogP) is 5.37. The van der Waals surface area contributed by atoms with Gasteiger partial charge in [-0.2, -0.15) is 0 Å². The average molecular weight is 499 g/mol. The summed E-state index contributed by atoms with van der Waals surface area (Å²) in [5, 5.41) is 5.48. The number of hydrogen-bond acceptors (Lipinski definition) is 5. The Kier molecular flexibility index (Phi) is 6.67. The summed E-state index contributed by atoms with van der Waals surface area (Å²) in [6, 6.07) is 23.4. The van der Waals surface area contributed by atoms with Gasteiger partial charge in [-0.15, -0.1) is 0 Å². The molecule has 0 saturated carbocycles. The van der Waals surface area contributed by atoms with E-state index in [1.165, 1.54) is 35.4 Å². The number of furan rings is 1. The first-order valence-electron chi connectivity index (χ1n) is 11.5. The Balaban J connectivity index is 1.39. The number of cyclic esters (lactones) is 1. The Morgan fingerprint density at radius 1 is 0.838 bits per heavy atom. The summed E-state index contributed by atoms with van der Waals surface area (Å²) in [5.74, 6) is -1.15. The first-order chi connectivity index (χ1) is 18.0. The number of nitrogens with one attached hydrogen (secondary N) is 2.